The minimum absolute atomic E-state index is 0.172. The second-order valence-corrected chi connectivity index (χ2v) is 6.05. The number of benzene rings is 1. The summed E-state index contributed by atoms with van der Waals surface area (Å²) in [5, 5.41) is 0. The van der Waals surface area contributed by atoms with Gasteiger partial charge >= 0.3 is 0 Å². The minimum atomic E-state index is -0.364. The number of fused-ring (bicyclic) bond motifs is 1. The highest BCUT2D eigenvalue weighted by Gasteiger charge is 2.23. The van der Waals surface area contributed by atoms with Crippen LogP contribution in [0.4, 0.5) is 0 Å². The van der Waals surface area contributed by atoms with E-state index in [0.29, 0.717) is 36.3 Å². The average molecular weight is 350 g/mol. The number of aliphatic imine (C=N–C) groups is 1. The van der Waals surface area contributed by atoms with Gasteiger partial charge in [0.2, 0.25) is 6.79 Å². The van der Waals surface area contributed by atoms with Gasteiger partial charge in [-0.05, 0) is 18.2 Å². The fourth-order valence-electron chi connectivity index (χ4n) is 2.67. The number of methoxy groups -OCH3 is 1. The number of hydrogen-bond donors (Lipinski definition) is 1. The lowest BCUT2D eigenvalue weighted by Crippen LogP contribution is -3.12. The molecule has 8 heteroatoms. The van der Waals surface area contributed by atoms with Gasteiger partial charge in [0, 0.05) is 12.7 Å². The number of piperazine rings is 1. The van der Waals surface area contributed by atoms with E-state index in [4.69, 9.17) is 18.9 Å². The number of carbonyl (C=O) groups excluding carboxylic acids is 1. The summed E-state index contributed by atoms with van der Waals surface area (Å²) in [5.74, 6) is 0.835. The van der Waals surface area contributed by atoms with E-state index in [-0.39, 0.29) is 12.7 Å². The van der Waals surface area contributed by atoms with Gasteiger partial charge in [0.15, 0.2) is 11.5 Å². The predicted octanol–water partition coefficient (Wildman–Crippen LogP) is -0.595. The van der Waals surface area contributed by atoms with Gasteiger partial charge in [0.25, 0.3) is 11.9 Å². The lowest BCUT2D eigenvalue weighted by Gasteiger charge is -2.31. The van der Waals surface area contributed by atoms with E-state index in [1.807, 2.05) is 4.90 Å². The number of amides is 1. The Bertz CT molecular complexity index is 641. The Labute approximate surface area is 146 Å². The molecule has 0 aromatic heterocycles. The molecule has 3 rings (SSSR count). The molecular formula is C17H24N3O5+. The number of likely N-dealkylation sites (N-methyl/N-ethyl adjacent to an activating group) is 1. The second kappa shape index (κ2) is 8.17. The first kappa shape index (κ1) is 17.5. The lowest BCUT2D eigenvalue weighted by molar-refractivity contribution is -0.883. The number of nitrogens with zero attached hydrogens (tertiary/aromatic N) is 2. The minimum Gasteiger partial charge on any atom is -0.462 e. The molecule has 136 valence electrons. The third-order valence-electron chi connectivity index (χ3n) is 4.22. The van der Waals surface area contributed by atoms with Crippen LogP contribution in [0.5, 0.6) is 11.5 Å². The molecule has 0 spiro atoms. The van der Waals surface area contributed by atoms with Crippen LogP contribution in [-0.2, 0) is 9.47 Å². The Morgan fingerprint density at radius 3 is 2.76 bits per heavy atom. The van der Waals surface area contributed by atoms with Crippen molar-refractivity contribution in [3.05, 3.63) is 23.8 Å². The molecule has 1 saturated heterocycles. The summed E-state index contributed by atoms with van der Waals surface area (Å²) in [5.41, 5.74) is 0.442. The molecule has 0 unspecified atom stereocenters. The van der Waals surface area contributed by atoms with Gasteiger partial charge in [-0.2, -0.15) is 4.99 Å². The fraction of sp³-hybridized carbons (Fsp3) is 0.529. The van der Waals surface area contributed by atoms with Crippen LogP contribution in [0.25, 0.3) is 0 Å². The first-order valence-corrected chi connectivity index (χ1v) is 8.38. The summed E-state index contributed by atoms with van der Waals surface area (Å²) >= 11 is 0. The van der Waals surface area contributed by atoms with Crippen LogP contribution in [0.2, 0.25) is 0 Å². The van der Waals surface area contributed by atoms with E-state index in [0.717, 1.165) is 26.2 Å². The summed E-state index contributed by atoms with van der Waals surface area (Å²) < 4.78 is 21.3. The first-order valence-electron chi connectivity index (χ1n) is 8.38. The van der Waals surface area contributed by atoms with Crippen molar-refractivity contribution in [3.8, 4) is 11.5 Å². The average Bonchev–Trinajstić information content (AvgIpc) is 3.09. The van der Waals surface area contributed by atoms with Gasteiger partial charge in [0.05, 0.1) is 39.8 Å². The maximum atomic E-state index is 12.6. The molecular weight excluding hydrogens is 326 g/mol. The Morgan fingerprint density at radius 2 is 2.00 bits per heavy atom. The Kier molecular flexibility index (Phi) is 5.72. The molecule has 2 heterocycles. The maximum Gasteiger partial charge on any atom is 0.296 e. The quantitative estimate of drug-likeness (QED) is 0.444. The number of rotatable bonds is 4. The number of hydrogen-bond acceptors (Lipinski definition) is 5. The molecule has 0 aliphatic carbocycles. The van der Waals surface area contributed by atoms with E-state index in [2.05, 4.69) is 12.0 Å². The van der Waals surface area contributed by atoms with Gasteiger partial charge < -0.3 is 28.7 Å². The summed E-state index contributed by atoms with van der Waals surface area (Å²) in [7, 11) is 3.76. The highest BCUT2D eigenvalue weighted by atomic mass is 16.7. The molecule has 8 nitrogen and oxygen atoms in total. The van der Waals surface area contributed by atoms with Crippen molar-refractivity contribution in [1.29, 1.82) is 0 Å². The molecule has 1 fully saturated rings. The van der Waals surface area contributed by atoms with E-state index in [1.54, 1.807) is 25.3 Å². The van der Waals surface area contributed by atoms with Crippen LogP contribution in [0.1, 0.15) is 10.4 Å². The molecule has 1 amide bonds. The first-order chi connectivity index (χ1) is 12.2. The van der Waals surface area contributed by atoms with Crippen molar-refractivity contribution < 1.29 is 28.6 Å². The molecule has 25 heavy (non-hydrogen) atoms. The molecule has 2 aliphatic heterocycles. The lowest BCUT2D eigenvalue weighted by atomic mass is 10.2. The fourth-order valence-corrected chi connectivity index (χ4v) is 2.67. The molecule has 0 saturated carbocycles. The predicted molar refractivity (Wildman–Crippen MR) is 90.4 cm³/mol. The number of amidine groups is 1. The van der Waals surface area contributed by atoms with Gasteiger partial charge in [-0.15, -0.1) is 0 Å². The zero-order chi connectivity index (χ0) is 17.6. The zero-order valence-corrected chi connectivity index (χ0v) is 14.6. The standard InChI is InChI=1S/C17H23N3O5/c1-19-5-7-20(8-6-19)17(23-10-9-22-2)18-16(21)13-3-4-14-15(11-13)25-12-24-14/h3-4,11H,5-10,12H2,1-2H3/p+1. The van der Waals surface area contributed by atoms with Crippen LogP contribution < -0.4 is 14.4 Å². The Hall–Kier alpha value is -2.32. The molecule has 1 N–H and O–H groups in total. The van der Waals surface area contributed by atoms with Crippen molar-refractivity contribution in [2.75, 3.05) is 60.3 Å². The zero-order valence-electron chi connectivity index (χ0n) is 14.6. The third kappa shape index (κ3) is 4.40. The van der Waals surface area contributed by atoms with Crippen LogP contribution in [0.15, 0.2) is 23.2 Å². The monoisotopic (exact) mass is 350 g/mol. The van der Waals surface area contributed by atoms with Crippen molar-refractivity contribution in [1.82, 2.24) is 4.90 Å². The van der Waals surface area contributed by atoms with Gasteiger partial charge in [0.1, 0.15) is 6.61 Å². The molecule has 1 aromatic carbocycles. The van der Waals surface area contributed by atoms with Crippen LogP contribution in [0, 0.1) is 0 Å². The van der Waals surface area contributed by atoms with E-state index in [1.165, 1.54) is 4.90 Å². The van der Waals surface area contributed by atoms with Crippen LogP contribution in [-0.4, -0.2) is 77.2 Å². The third-order valence-corrected chi connectivity index (χ3v) is 4.22. The molecule has 0 bridgehead atoms. The Balaban J connectivity index is 1.75. The molecule has 2 aliphatic rings. The number of quaternary nitrogens is 1. The topological polar surface area (TPSA) is 74.0 Å². The number of nitrogens with one attached hydrogen (secondary N) is 1. The van der Waals surface area contributed by atoms with Gasteiger partial charge in [-0.25, -0.2) is 0 Å². The van der Waals surface area contributed by atoms with E-state index in [9.17, 15) is 4.79 Å². The molecule has 0 radical (unpaired) electrons. The highest BCUT2D eigenvalue weighted by Crippen LogP contribution is 2.32. The molecule has 0 atom stereocenters. The van der Waals surface area contributed by atoms with Crippen molar-refractivity contribution >= 4 is 11.9 Å². The smallest absolute Gasteiger partial charge is 0.296 e. The second-order valence-electron chi connectivity index (χ2n) is 6.05. The summed E-state index contributed by atoms with van der Waals surface area (Å²) in [4.78, 5) is 20.2. The SMILES string of the molecule is COCCOC(=NC(=O)c1ccc2c(c1)OCO2)N1CC[NH+](C)CC1. The van der Waals surface area contributed by atoms with Crippen molar-refractivity contribution in [2.45, 2.75) is 0 Å². The Morgan fingerprint density at radius 1 is 1.24 bits per heavy atom. The summed E-state index contributed by atoms with van der Waals surface area (Å²) in [6.07, 6.45) is 0. The summed E-state index contributed by atoms with van der Waals surface area (Å²) in [6, 6.07) is 5.40. The van der Waals surface area contributed by atoms with Gasteiger partial charge in [-0.1, -0.05) is 0 Å². The van der Waals surface area contributed by atoms with Crippen molar-refractivity contribution in [2.24, 2.45) is 4.99 Å². The largest absolute Gasteiger partial charge is 0.462 e. The van der Waals surface area contributed by atoms with E-state index < -0.39 is 0 Å². The highest BCUT2D eigenvalue weighted by molar-refractivity contribution is 6.01. The summed E-state index contributed by atoms with van der Waals surface area (Å²) in [6.45, 7) is 4.51. The number of carbonyl (C=O) groups is 1. The van der Waals surface area contributed by atoms with Gasteiger partial charge in [-0.3, -0.25) is 4.79 Å². The normalized spacial score (nSPS) is 17.7. The number of ether oxygens (including phenoxy) is 4. The van der Waals surface area contributed by atoms with Crippen LogP contribution in [0.3, 0.4) is 0 Å². The van der Waals surface area contributed by atoms with Crippen LogP contribution >= 0.6 is 0 Å². The maximum absolute atomic E-state index is 12.6. The van der Waals surface area contributed by atoms with Crippen molar-refractivity contribution in [3.63, 3.8) is 0 Å². The van der Waals surface area contributed by atoms with E-state index >= 15 is 0 Å². The molecule has 1 aromatic rings.